The van der Waals surface area contributed by atoms with E-state index >= 15 is 0 Å². The van der Waals surface area contributed by atoms with Crippen molar-refractivity contribution in [3.05, 3.63) is 42.9 Å². The summed E-state index contributed by atoms with van der Waals surface area (Å²) in [7, 11) is 0. The lowest BCUT2D eigenvalue weighted by Gasteiger charge is -2.04. The molecule has 23 heavy (non-hydrogen) atoms. The van der Waals surface area contributed by atoms with Crippen LogP contribution in [0.15, 0.2) is 42.9 Å². The Kier molecular flexibility index (Phi) is 3.40. The molecule has 1 amide bonds. The molecule has 0 fully saturated rings. The molecule has 0 atom stereocenters. The Balaban J connectivity index is 1.92. The van der Waals surface area contributed by atoms with Crippen LogP contribution < -0.4 is 11.1 Å². The van der Waals surface area contributed by atoms with Crippen molar-refractivity contribution >= 4 is 23.2 Å². The molecular weight excluding hydrogens is 311 g/mol. The predicted octanol–water partition coefficient (Wildman–Crippen LogP) is 2.48. The van der Waals surface area contributed by atoms with E-state index in [0.29, 0.717) is 11.5 Å². The van der Waals surface area contributed by atoms with Gasteiger partial charge in [-0.05, 0) is 29.8 Å². The first kappa shape index (κ1) is 14.8. The number of halogens is 3. The van der Waals surface area contributed by atoms with Crippen LogP contribution >= 0.6 is 0 Å². The lowest BCUT2D eigenvalue weighted by molar-refractivity contribution is -0.167. The van der Waals surface area contributed by atoms with E-state index in [1.807, 2.05) is 0 Å². The van der Waals surface area contributed by atoms with Gasteiger partial charge in [-0.15, -0.1) is 0 Å². The van der Waals surface area contributed by atoms with Gasteiger partial charge in [-0.3, -0.25) is 4.79 Å². The van der Waals surface area contributed by atoms with Crippen molar-refractivity contribution in [3.8, 4) is 11.1 Å². The third-order valence-corrected chi connectivity index (χ3v) is 3.07. The van der Waals surface area contributed by atoms with E-state index in [1.54, 1.807) is 42.0 Å². The Morgan fingerprint density at radius 1 is 1.13 bits per heavy atom. The highest BCUT2D eigenvalue weighted by Crippen LogP contribution is 2.22. The number of aromatic nitrogens is 3. The number of carbonyl (C=O) groups excluding carboxylic acids is 1. The molecule has 3 rings (SSSR count). The standard InChI is InChI=1S/C14H10F3N5O/c15-14(16,17)13(23)21-11-7-22-6-9(2-4-12(22)20-11)8-1-3-10(18)19-5-8/h1-7H,(H2,18,19)(H,21,23). The molecule has 9 heteroatoms. The number of hydrogen-bond donors (Lipinski definition) is 2. The molecular formula is C14H10F3N5O. The lowest BCUT2D eigenvalue weighted by atomic mass is 10.1. The minimum Gasteiger partial charge on any atom is -0.384 e. The van der Waals surface area contributed by atoms with Crippen LogP contribution in [-0.4, -0.2) is 26.5 Å². The van der Waals surface area contributed by atoms with E-state index in [0.717, 1.165) is 11.1 Å². The second kappa shape index (κ2) is 5.27. The number of amides is 1. The van der Waals surface area contributed by atoms with Gasteiger partial charge in [-0.2, -0.15) is 13.2 Å². The number of nitrogens with one attached hydrogen (secondary N) is 1. The maximum absolute atomic E-state index is 12.2. The first-order valence-corrected chi connectivity index (χ1v) is 6.42. The number of rotatable bonds is 2. The number of alkyl halides is 3. The Labute approximate surface area is 127 Å². The van der Waals surface area contributed by atoms with E-state index in [4.69, 9.17) is 5.73 Å². The molecule has 3 N–H and O–H groups in total. The van der Waals surface area contributed by atoms with E-state index in [9.17, 15) is 18.0 Å². The molecule has 0 saturated carbocycles. The minimum absolute atomic E-state index is 0.181. The highest BCUT2D eigenvalue weighted by atomic mass is 19.4. The number of fused-ring (bicyclic) bond motifs is 1. The van der Waals surface area contributed by atoms with E-state index in [1.165, 1.54) is 10.6 Å². The maximum Gasteiger partial charge on any atom is 0.471 e. The molecule has 0 radical (unpaired) electrons. The van der Waals surface area contributed by atoms with Crippen LogP contribution in [0.25, 0.3) is 16.8 Å². The Hall–Kier alpha value is -3.10. The molecule has 0 aromatic carbocycles. The number of nitrogen functional groups attached to an aromatic ring is 1. The van der Waals surface area contributed by atoms with Crippen LogP contribution in [0, 0.1) is 0 Å². The second-order valence-corrected chi connectivity index (χ2v) is 4.73. The summed E-state index contributed by atoms with van der Waals surface area (Å²) in [6.45, 7) is 0. The van der Waals surface area contributed by atoms with Crippen LogP contribution in [0.4, 0.5) is 24.8 Å². The molecule has 3 heterocycles. The zero-order valence-corrected chi connectivity index (χ0v) is 11.5. The van der Waals surface area contributed by atoms with Gasteiger partial charge < -0.3 is 15.5 Å². The number of imidazole rings is 1. The number of carbonyl (C=O) groups is 1. The summed E-state index contributed by atoms with van der Waals surface area (Å²) in [6, 6.07) is 6.77. The van der Waals surface area contributed by atoms with Crippen molar-refractivity contribution in [3.63, 3.8) is 0 Å². The molecule has 0 spiro atoms. The largest absolute Gasteiger partial charge is 0.471 e. The van der Waals surface area contributed by atoms with Crippen molar-refractivity contribution in [1.29, 1.82) is 0 Å². The fourth-order valence-electron chi connectivity index (χ4n) is 1.99. The van der Waals surface area contributed by atoms with Gasteiger partial charge in [0, 0.05) is 18.0 Å². The molecule has 0 bridgehead atoms. The van der Waals surface area contributed by atoms with Gasteiger partial charge in [0.1, 0.15) is 11.5 Å². The predicted molar refractivity (Wildman–Crippen MR) is 77.5 cm³/mol. The summed E-state index contributed by atoms with van der Waals surface area (Å²) >= 11 is 0. The maximum atomic E-state index is 12.2. The Bertz CT molecular complexity index is 870. The summed E-state index contributed by atoms with van der Waals surface area (Å²) in [5.74, 6) is -1.86. The van der Waals surface area contributed by atoms with Gasteiger partial charge in [0.25, 0.3) is 0 Å². The summed E-state index contributed by atoms with van der Waals surface area (Å²) in [5.41, 5.74) is 7.48. The topological polar surface area (TPSA) is 85.3 Å². The molecule has 0 unspecified atom stereocenters. The average Bonchev–Trinajstić information content (AvgIpc) is 2.88. The molecule has 6 nitrogen and oxygen atoms in total. The van der Waals surface area contributed by atoms with Crippen LogP contribution in [0.1, 0.15) is 0 Å². The van der Waals surface area contributed by atoms with Crippen molar-refractivity contribution in [2.24, 2.45) is 0 Å². The highest BCUT2D eigenvalue weighted by Gasteiger charge is 2.39. The van der Waals surface area contributed by atoms with Crippen molar-refractivity contribution in [2.45, 2.75) is 6.18 Å². The molecule has 0 aliphatic rings. The summed E-state index contributed by atoms with van der Waals surface area (Å²) < 4.78 is 38.2. The van der Waals surface area contributed by atoms with Crippen molar-refractivity contribution in [2.75, 3.05) is 11.1 Å². The summed E-state index contributed by atoms with van der Waals surface area (Å²) in [4.78, 5) is 18.8. The molecule has 3 aromatic rings. The molecule has 0 aliphatic carbocycles. The van der Waals surface area contributed by atoms with E-state index < -0.39 is 12.1 Å². The normalized spacial score (nSPS) is 11.6. The van der Waals surface area contributed by atoms with Gasteiger partial charge >= 0.3 is 12.1 Å². The fraction of sp³-hybridized carbons (Fsp3) is 0.0714. The lowest BCUT2D eigenvalue weighted by Crippen LogP contribution is -2.30. The Morgan fingerprint density at radius 2 is 1.87 bits per heavy atom. The van der Waals surface area contributed by atoms with Gasteiger partial charge in [-0.25, -0.2) is 9.97 Å². The second-order valence-electron chi connectivity index (χ2n) is 4.73. The number of hydrogen-bond acceptors (Lipinski definition) is 4. The van der Waals surface area contributed by atoms with Crippen LogP contribution in [0.2, 0.25) is 0 Å². The smallest absolute Gasteiger partial charge is 0.384 e. The van der Waals surface area contributed by atoms with Crippen LogP contribution in [0.5, 0.6) is 0 Å². The average molecular weight is 321 g/mol. The third-order valence-electron chi connectivity index (χ3n) is 3.07. The summed E-state index contributed by atoms with van der Waals surface area (Å²) in [6.07, 6.45) is -0.414. The molecule has 0 aliphatic heterocycles. The van der Waals surface area contributed by atoms with E-state index in [-0.39, 0.29) is 5.82 Å². The monoisotopic (exact) mass is 321 g/mol. The van der Waals surface area contributed by atoms with Crippen LogP contribution in [-0.2, 0) is 4.79 Å². The van der Waals surface area contributed by atoms with Gasteiger partial charge in [0.15, 0.2) is 5.82 Å². The number of nitrogens with two attached hydrogens (primary N) is 1. The van der Waals surface area contributed by atoms with Gasteiger partial charge in [-0.1, -0.05) is 0 Å². The van der Waals surface area contributed by atoms with Gasteiger partial charge in [0.05, 0.1) is 6.20 Å². The number of pyridine rings is 2. The first-order chi connectivity index (χ1) is 10.8. The number of anilines is 2. The quantitative estimate of drug-likeness (QED) is 0.759. The fourth-order valence-corrected chi connectivity index (χ4v) is 1.99. The Morgan fingerprint density at radius 3 is 2.52 bits per heavy atom. The molecule has 3 aromatic heterocycles. The van der Waals surface area contributed by atoms with E-state index in [2.05, 4.69) is 9.97 Å². The number of nitrogens with zero attached hydrogens (tertiary/aromatic N) is 3. The minimum atomic E-state index is -4.96. The zero-order chi connectivity index (χ0) is 16.6. The first-order valence-electron chi connectivity index (χ1n) is 6.42. The van der Waals surface area contributed by atoms with Crippen molar-refractivity contribution < 1.29 is 18.0 Å². The SMILES string of the molecule is Nc1ccc(-c2ccc3nc(NC(=O)C(F)(F)F)cn3c2)cn1. The highest BCUT2D eigenvalue weighted by molar-refractivity contribution is 5.94. The zero-order valence-electron chi connectivity index (χ0n) is 11.5. The van der Waals surface area contributed by atoms with Crippen molar-refractivity contribution in [1.82, 2.24) is 14.4 Å². The molecule has 0 saturated heterocycles. The van der Waals surface area contributed by atoms with Gasteiger partial charge in [0.2, 0.25) is 0 Å². The molecule has 118 valence electrons. The van der Waals surface area contributed by atoms with Crippen LogP contribution in [0.3, 0.4) is 0 Å². The third kappa shape index (κ3) is 3.07. The summed E-state index contributed by atoms with van der Waals surface area (Å²) in [5, 5.41) is 1.71.